The van der Waals surface area contributed by atoms with E-state index in [2.05, 4.69) is 0 Å². The van der Waals surface area contributed by atoms with Gasteiger partial charge in [-0.05, 0) is 0 Å². The molecular formula is C11H28IN3O3-. The fourth-order valence-electron chi connectivity index (χ4n) is 0.916. The maximum atomic E-state index is 5.77. The van der Waals surface area contributed by atoms with Gasteiger partial charge in [-0.1, -0.05) is 0 Å². The van der Waals surface area contributed by atoms with E-state index in [1.807, 2.05) is 20.8 Å². The zero-order valence-corrected chi connectivity index (χ0v) is 13.8. The molecule has 0 aromatic carbocycles. The molecule has 1 radical (unpaired) electrons. The number of nitrogens with two attached hydrogens (primary N) is 3. The molecule has 0 aromatic rings. The van der Waals surface area contributed by atoms with Crippen molar-refractivity contribution in [2.75, 3.05) is 29.0 Å². The van der Waals surface area contributed by atoms with E-state index < -0.39 is 20.2 Å². The molecule has 0 fully saturated rings. The predicted octanol–water partition coefficient (Wildman–Crippen LogP) is -3.47. The van der Waals surface area contributed by atoms with Crippen LogP contribution in [0.1, 0.15) is 20.8 Å². The van der Waals surface area contributed by atoms with Gasteiger partial charge in [0.2, 0.25) is 0 Å². The Balaban J connectivity index is 3.84. The Bertz CT molecular complexity index is 180. The number of hydrogen-bond donors (Lipinski definition) is 3. The van der Waals surface area contributed by atoms with Crippen LogP contribution in [0.3, 0.4) is 0 Å². The summed E-state index contributed by atoms with van der Waals surface area (Å²) in [6.07, 6.45) is 0. The molecule has 0 heterocycles. The van der Waals surface area contributed by atoms with Crippen molar-refractivity contribution in [3.8, 4) is 0 Å². The van der Waals surface area contributed by atoms with Gasteiger partial charge in [-0.25, -0.2) is 0 Å². The van der Waals surface area contributed by atoms with Gasteiger partial charge in [0.05, 0.1) is 0 Å². The van der Waals surface area contributed by atoms with Crippen molar-refractivity contribution in [2.45, 2.75) is 38.9 Å². The second-order valence-electron chi connectivity index (χ2n) is 4.57. The Morgan fingerprint density at radius 3 is 1.50 bits per heavy atom. The van der Waals surface area contributed by atoms with Crippen molar-refractivity contribution in [3.05, 3.63) is 0 Å². The molecule has 0 rings (SSSR count). The van der Waals surface area contributed by atoms with Crippen LogP contribution in [-0.4, -0.2) is 47.2 Å². The Hall–Kier alpha value is 0.490. The van der Waals surface area contributed by atoms with Crippen LogP contribution < -0.4 is 37.4 Å². The number of halogens is 1. The molecule has 0 aliphatic rings. The summed E-state index contributed by atoms with van der Waals surface area (Å²) in [7, 11) is 0. The summed E-state index contributed by atoms with van der Waals surface area (Å²) in [6.45, 7) is 7.38. The van der Waals surface area contributed by atoms with Gasteiger partial charge in [0.25, 0.3) is 0 Å². The first-order valence-corrected chi connectivity index (χ1v) is 10.0. The fourth-order valence-corrected chi connectivity index (χ4v) is 4.02. The van der Waals surface area contributed by atoms with Crippen LogP contribution in [0.4, 0.5) is 0 Å². The average Bonchev–Trinajstić information content (AvgIpc) is 2.24. The van der Waals surface area contributed by atoms with Gasteiger partial charge in [0.15, 0.2) is 0 Å². The first-order chi connectivity index (χ1) is 8.41. The molecule has 3 unspecified atom stereocenters. The van der Waals surface area contributed by atoms with E-state index in [4.69, 9.17) is 29.7 Å². The van der Waals surface area contributed by atoms with Crippen LogP contribution in [0, 0.1) is 0 Å². The number of ether oxygens (including phenoxy) is 2. The normalized spacial score (nSPS) is 17.3. The summed E-state index contributed by atoms with van der Waals surface area (Å²) < 4.78 is 18.0. The van der Waals surface area contributed by atoms with Crippen molar-refractivity contribution < 1.29 is 32.8 Å². The van der Waals surface area contributed by atoms with Crippen LogP contribution in [0.25, 0.3) is 0 Å². The Kier molecular flexibility index (Phi) is 11.6. The molecule has 0 spiro atoms. The van der Waals surface area contributed by atoms with Crippen molar-refractivity contribution >= 4 is 0 Å². The third-order valence-electron chi connectivity index (χ3n) is 1.64. The first-order valence-electron chi connectivity index (χ1n) is 6.09. The van der Waals surface area contributed by atoms with Crippen molar-refractivity contribution in [3.63, 3.8) is 0 Å². The van der Waals surface area contributed by atoms with E-state index in [1.165, 1.54) is 0 Å². The molecule has 0 bridgehead atoms. The molecule has 7 heteroatoms. The van der Waals surface area contributed by atoms with Crippen LogP contribution in [0.2, 0.25) is 0 Å². The molecular weight excluding hydrogens is 349 g/mol. The number of hydrogen-bond acceptors (Lipinski definition) is 6. The van der Waals surface area contributed by atoms with Gasteiger partial charge in [0, 0.05) is 0 Å². The molecule has 0 aliphatic carbocycles. The zero-order chi connectivity index (χ0) is 14.0. The van der Waals surface area contributed by atoms with Crippen LogP contribution >= 0.6 is 0 Å². The van der Waals surface area contributed by atoms with Crippen molar-refractivity contribution in [1.29, 1.82) is 0 Å². The van der Waals surface area contributed by atoms with Gasteiger partial charge in [-0.3, -0.25) is 0 Å². The molecule has 18 heavy (non-hydrogen) atoms. The Labute approximate surface area is 118 Å². The molecule has 0 aromatic heterocycles. The molecule has 6 nitrogen and oxygen atoms in total. The fraction of sp³-hybridized carbons (Fsp3) is 1.00. The van der Waals surface area contributed by atoms with E-state index in [0.29, 0.717) is 29.0 Å². The molecule has 6 N–H and O–H groups in total. The van der Waals surface area contributed by atoms with Crippen LogP contribution in [0.15, 0.2) is 0 Å². The first kappa shape index (κ1) is 18.5. The molecule has 0 amide bonds. The zero-order valence-electron chi connectivity index (χ0n) is 11.6. The van der Waals surface area contributed by atoms with E-state index in [1.54, 1.807) is 0 Å². The summed E-state index contributed by atoms with van der Waals surface area (Å²) in [5.74, 6) is 0. The van der Waals surface area contributed by atoms with E-state index in [9.17, 15) is 0 Å². The molecule has 0 saturated heterocycles. The second kappa shape index (κ2) is 11.3. The molecule has 3 atom stereocenters. The monoisotopic (exact) mass is 377 g/mol. The molecule has 0 saturated carbocycles. The maximum absolute atomic E-state index is 5.77. The minimum atomic E-state index is -1.72. The number of alkyl halides is 2. The summed E-state index contributed by atoms with van der Waals surface area (Å²) in [6, 6.07) is 0.119. The van der Waals surface area contributed by atoms with Crippen LogP contribution in [-0.2, 0) is 12.5 Å². The quantitative estimate of drug-likeness (QED) is 0.255. The van der Waals surface area contributed by atoms with E-state index in [0.717, 1.165) is 0 Å². The Morgan fingerprint density at radius 1 is 0.778 bits per heavy atom. The van der Waals surface area contributed by atoms with E-state index >= 15 is 0 Å². The predicted molar refractivity (Wildman–Crippen MR) is 68.5 cm³/mol. The topological polar surface area (TPSA) is 106 Å². The van der Waals surface area contributed by atoms with E-state index in [-0.39, 0.29) is 18.1 Å². The molecule has 0 aliphatic heterocycles. The Morgan fingerprint density at radius 2 is 1.17 bits per heavy atom. The summed E-state index contributed by atoms with van der Waals surface area (Å²) in [5.41, 5.74) is 16.9. The minimum absolute atomic E-state index is 0.0339. The molecule has 113 valence electrons. The second-order valence-corrected chi connectivity index (χ2v) is 8.77. The van der Waals surface area contributed by atoms with Crippen LogP contribution in [0.5, 0.6) is 0 Å². The van der Waals surface area contributed by atoms with Gasteiger partial charge in [-0.15, -0.1) is 0 Å². The van der Waals surface area contributed by atoms with Crippen molar-refractivity contribution in [2.24, 2.45) is 17.2 Å². The average molecular weight is 377 g/mol. The van der Waals surface area contributed by atoms with Gasteiger partial charge >= 0.3 is 118 Å². The van der Waals surface area contributed by atoms with Crippen molar-refractivity contribution in [1.82, 2.24) is 0 Å². The standard InChI is InChI=1S/C11H28IN3O3/c1-9(13)4-16-7-12(18-6-11(3)15)8-17-5-10(2)14/h9-11H,4-8,13-15H2,1-3H3/q-1. The SMILES string of the molecule is CC(N)COC[I-](COCC(C)N)OCC(C)N. The summed E-state index contributed by atoms with van der Waals surface area (Å²) in [4.78, 5) is 0. The third-order valence-corrected chi connectivity index (χ3v) is 5.15. The third kappa shape index (κ3) is 12.9. The van der Waals surface area contributed by atoms with Gasteiger partial charge in [-0.2, -0.15) is 0 Å². The summed E-state index contributed by atoms with van der Waals surface area (Å²) in [5, 5.41) is 0. The summed E-state index contributed by atoms with van der Waals surface area (Å²) >= 11 is -1.72. The van der Waals surface area contributed by atoms with Gasteiger partial charge in [0.1, 0.15) is 0 Å². The van der Waals surface area contributed by atoms with Gasteiger partial charge < -0.3 is 0 Å². The number of rotatable bonds is 11.